The number of nitroso groups, excluding NO2 is 1. The van der Waals surface area contributed by atoms with Gasteiger partial charge in [0, 0.05) is 45.4 Å². The number of amides is 2. The van der Waals surface area contributed by atoms with Crippen molar-refractivity contribution in [1.29, 1.82) is 0 Å². The number of nitrogens with one attached hydrogen (secondary N) is 2. The lowest BCUT2D eigenvalue weighted by Gasteiger charge is -2.48. The Labute approximate surface area is 216 Å². The first-order valence-electron chi connectivity index (χ1n) is 12.7. The number of likely N-dealkylation sites (tertiary alicyclic amines) is 1. The van der Waals surface area contributed by atoms with E-state index in [1.807, 2.05) is 17.9 Å². The maximum absolute atomic E-state index is 13.8. The van der Waals surface area contributed by atoms with Crippen molar-refractivity contribution in [3.63, 3.8) is 0 Å². The number of carbonyl (C=O) groups is 2. The fraction of sp³-hybridized carbons (Fsp3) is 0.708. The standard InChI is InChI=1S/C24H37FN8O4/c1-24(37-3)13-33(14-24)23(35)15-5-8-32(9-6-15)18-4-7-27-11-17(18)29-22(34)19(20(26)30-36)21-28-10-16(25)12-31(21)2/h4,7,11,15-16,19-21,28H,5-6,8-10,12-14,26H2,1-3H3,(H,29,34). The van der Waals surface area contributed by atoms with Crippen LogP contribution in [0.15, 0.2) is 23.6 Å². The summed E-state index contributed by atoms with van der Waals surface area (Å²) in [6, 6.07) is 1.81. The van der Waals surface area contributed by atoms with Crippen LogP contribution in [0.3, 0.4) is 0 Å². The van der Waals surface area contributed by atoms with Gasteiger partial charge in [-0.05, 0) is 32.9 Å². The van der Waals surface area contributed by atoms with Crippen molar-refractivity contribution in [3.8, 4) is 0 Å². The third-order valence-corrected chi connectivity index (χ3v) is 7.74. The lowest BCUT2D eigenvalue weighted by Crippen LogP contribution is -2.64. The van der Waals surface area contributed by atoms with Crippen molar-refractivity contribution in [1.82, 2.24) is 20.1 Å². The van der Waals surface area contributed by atoms with Gasteiger partial charge in [-0.15, -0.1) is 4.91 Å². The molecule has 204 valence electrons. The van der Waals surface area contributed by atoms with E-state index in [9.17, 15) is 18.9 Å². The second kappa shape index (κ2) is 11.3. The van der Waals surface area contributed by atoms with Crippen LogP contribution in [0.1, 0.15) is 19.8 Å². The molecule has 13 heteroatoms. The molecule has 3 aliphatic rings. The monoisotopic (exact) mass is 520 g/mol. The van der Waals surface area contributed by atoms with Crippen LogP contribution in [0.25, 0.3) is 0 Å². The Balaban J connectivity index is 1.41. The molecule has 3 aliphatic heterocycles. The van der Waals surface area contributed by atoms with E-state index in [1.54, 1.807) is 31.5 Å². The fourth-order valence-electron chi connectivity index (χ4n) is 5.49. The van der Waals surface area contributed by atoms with Gasteiger partial charge in [0.2, 0.25) is 11.8 Å². The van der Waals surface area contributed by atoms with E-state index in [2.05, 4.69) is 25.7 Å². The SMILES string of the molecule is COC1(C)CN(C(=O)C2CCN(c3ccncc3NC(=O)C(C(N)N=O)C3NCC(F)CN3C)CC2)C1. The Kier molecular flexibility index (Phi) is 8.36. The first-order valence-corrected chi connectivity index (χ1v) is 12.7. The number of nitrogens with zero attached hydrogens (tertiary/aromatic N) is 5. The Hall–Kier alpha value is -2.74. The predicted octanol–water partition coefficient (Wildman–Crippen LogP) is 0.350. The van der Waals surface area contributed by atoms with Gasteiger partial charge < -0.3 is 25.6 Å². The summed E-state index contributed by atoms with van der Waals surface area (Å²) >= 11 is 0. The summed E-state index contributed by atoms with van der Waals surface area (Å²) in [7, 11) is 3.33. The van der Waals surface area contributed by atoms with Gasteiger partial charge in [0.25, 0.3) is 0 Å². The molecular weight excluding hydrogens is 483 g/mol. The molecule has 0 spiro atoms. The van der Waals surface area contributed by atoms with Crippen molar-refractivity contribution in [2.45, 2.75) is 43.9 Å². The van der Waals surface area contributed by atoms with Crippen molar-refractivity contribution < 1.29 is 18.7 Å². The molecule has 12 nitrogen and oxygen atoms in total. The Bertz CT molecular complexity index is 985. The number of methoxy groups -OCH3 is 1. The van der Waals surface area contributed by atoms with Gasteiger partial charge >= 0.3 is 0 Å². The normalized spacial score (nSPS) is 26.2. The zero-order chi connectivity index (χ0) is 26.7. The van der Waals surface area contributed by atoms with Gasteiger partial charge in [-0.2, -0.15) is 0 Å². The number of ether oxygens (including phenoxy) is 1. The minimum absolute atomic E-state index is 0.0502. The molecule has 3 fully saturated rings. The lowest BCUT2D eigenvalue weighted by molar-refractivity contribution is -0.162. The number of hydrogen-bond acceptors (Lipinski definition) is 10. The molecule has 0 aromatic carbocycles. The van der Waals surface area contributed by atoms with Crippen LogP contribution in [0.2, 0.25) is 0 Å². The average molecular weight is 521 g/mol. The smallest absolute Gasteiger partial charge is 0.234 e. The fourth-order valence-corrected chi connectivity index (χ4v) is 5.49. The van der Waals surface area contributed by atoms with E-state index in [-0.39, 0.29) is 30.5 Å². The third-order valence-electron chi connectivity index (χ3n) is 7.74. The van der Waals surface area contributed by atoms with E-state index in [1.165, 1.54) is 0 Å². The Morgan fingerprint density at radius 1 is 1.35 bits per heavy atom. The number of halogens is 1. The summed E-state index contributed by atoms with van der Waals surface area (Å²) < 4.78 is 19.2. The number of alkyl halides is 1. The van der Waals surface area contributed by atoms with Crippen molar-refractivity contribution in [3.05, 3.63) is 23.4 Å². The second-order valence-electron chi connectivity index (χ2n) is 10.5. The largest absolute Gasteiger partial charge is 0.375 e. The number of hydrogen-bond donors (Lipinski definition) is 3. The van der Waals surface area contributed by atoms with E-state index in [0.717, 1.165) is 5.69 Å². The van der Waals surface area contributed by atoms with Crippen LogP contribution in [-0.4, -0.2) is 104 Å². The average Bonchev–Trinajstić information content (AvgIpc) is 2.88. The number of anilines is 2. The minimum Gasteiger partial charge on any atom is -0.375 e. The minimum atomic E-state index is -1.32. The molecule has 3 saturated heterocycles. The molecule has 1 aromatic heterocycles. The molecule has 0 saturated carbocycles. The number of piperidine rings is 1. The van der Waals surface area contributed by atoms with Gasteiger partial charge in [-0.3, -0.25) is 24.8 Å². The first kappa shape index (κ1) is 27.3. The molecule has 0 aliphatic carbocycles. The van der Waals surface area contributed by atoms with Crippen molar-refractivity contribution in [2.24, 2.45) is 22.7 Å². The first-order chi connectivity index (χ1) is 17.7. The highest BCUT2D eigenvalue weighted by Gasteiger charge is 2.44. The topological polar surface area (TPSA) is 145 Å². The number of nitrogens with two attached hydrogens (primary N) is 1. The lowest BCUT2D eigenvalue weighted by atomic mass is 9.90. The van der Waals surface area contributed by atoms with Crippen molar-refractivity contribution in [2.75, 3.05) is 63.6 Å². The summed E-state index contributed by atoms with van der Waals surface area (Å²) in [5.74, 6) is -1.44. The molecule has 1 aromatic rings. The van der Waals surface area contributed by atoms with Gasteiger partial charge in [0.05, 0.1) is 42.4 Å². The number of rotatable bonds is 8. The molecule has 4 rings (SSSR count). The van der Waals surface area contributed by atoms with Crippen LogP contribution < -0.4 is 21.3 Å². The Morgan fingerprint density at radius 3 is 2.68 bits per heavy atom. The summed E-state index contributed by atoms with van der Waals surface area (Å²) in [5, 5.41) is 8.72. The highest BCUT2D eigenvalue weighted by Crippen LogP contribution is 2.33. The maximum Gasteiger partial charge on any atom is 0.234 e. The van der Waals surface area contributed by atoms with Crippen molar-refractivity contribution >= 4 is 23.2 Å². The van der Waals surface area contributed by atoms with E-state index < -0.39 is 30.3 Å². The highest BCUT2D eigenvalue weighted by molar-refractivity contribution is 5.96. The van der Waals surface area contributed by atoms with Crippen LogP contribution in [-0.2, 0) is 14.3 Å². The van der Waals surface area contributed by atoms with E-state index in [0.29, 0.717) is 44.7 Å². The van der Waals surface area contributed by atoms with Gasteiger partial charge in [0.1, 0.15) is 12.1 Å². The highest BCUT2D eigenvalue weighted by atomic mass is 19.1. The number of pyridine rings is 1. The Morgan fingerprint density at radius 2 is 2.05 bits per heavy atom. The predicted molar refractivity (Wildman–Crippen MR) is 136 cm³/mol. The number of aromatic nitrogens is 1. The zero-order valence-electron chi connectivity index (χ0n) is 21.6. The molecule has 4 heterocycles. The third kappa shape index (κ3) is 5.89. The van der Waals surface area contributed by atoms with Crippen LogP contribution >= 0.6 is 0 Å². The molecule has 4 N–H and O–H groups in total. The zero-order valence-corrected chi connectivity index (χ0v) is 21.6. The molecule has 4 unspecified atom stereocenters. The molecule has 37 heavy (non-hydrogen) atoms. The number of carbonyl (C=O) groups excluding carboxylic acids is 2. The summed E-state index contributed by atoms with van der Waals surface area (Å²) in [6.07, 6.45) is 1.51. The summed E-state index contributed by atoms with van der Waals surface area (Å²) in [5.41, 5.74) is 6.91. The van der Waals surface area contributed by atoms with E-state index in [4.69, 9.17) is 10.5 Å². The molecular formula is C24H37FN8O4. The van der Waals surface area contributed by atoms with Gasteiger partial charge in [0.15, 0.2) is 6.17 Å². The molecule has 4 atom stereocenters. The molecule has 2 amide bonds. The summed E-state index contributed by atoms with van der Waals surface area (Å²) in [6.45, 7) is 4.67. The van der Waals surface area contributed by atoms with Gasteiger partial charge in [-0.25, -0.2) is 4.39 Å². The molecule has 0 bridgehead atoms. The maximum atomic E-state index is 13.8. The van der Waals surface area contributed by atoms with Crippen LogP contribution in [0, 0.1) is 16.7 Å². The quantitative estimate of drug-likeness (QED) is 0.413. The van der Waals surface area contributed by atoms with Gasteiger partial charge in [-0.1, -0.05) is 5.18 Å². The second-order valence-corrected chi connectivity index (χ2v) is 10.5. The molecule has 0 radical (unpaired) electrons. The van der Waals surface area contributed by atoms with Crippen LogP contribution in [0.4, 0.5) is 15.8 Å². The van der Waals surface area contributed by atoms with E-state index >= 15 is 0 Å². The van der Waals surface area contributed by atoms with Crippen LogP contribution in [0.5, 0.6) is 0 Å². The summed E-state index contributed by atoms with van der Waals surface area (Å²) in [4.78, 5) is 47.3.